The first kappa shape index (κ1) is 21.6. The predicted octanol–water partition coefficient (Wildman–Crippen LogP) is 5.59. The Morgan fingerprint density at radius 1 is 0.867 bits per heavy atom. The molecule has 0 bridgehead atoms. The zero-order valence-corrected chi connectivity index (χ0v) is 17.5. The molecule has 0 aliphatic heterocycles. The van der Waals surface area contributed by atoms with Crippen LogP contribution < -0.4 is 5.32 Å². The van der Waals surface area contributed by atoms with Crippen molar-refractivity contribution in [1.82, 2.24) is 0 Å². The molecule has 1 amide bonds. The van der Waals surface area contributed by atoms with Crippen LogP contribution in [0.3, 0.4) is 0 Å². The average Bonchev–Trinajstić information content (AvgIpc) is 2.72. The van der Waals surface area contributed by atoms with Crippen LogP contribution >= 0.6 is 23.2 Å². The van der Waals surface area contributed by atoms with Gasteiger partial charge in [-0.2, -0.15) is 0 Å². The smallest absolute Gasteiger partial charge is 0.338 e. The number of hydrogen-bond acceptors (Lipinski definition) is 4. The molecule has 0 aliphatic carbocycles. The molecule has 0 heterocycles. The number of ketones is 1. The number of Topliss-reactive ketones (excluding diaryl/α,β-unsaturated/α-hetero) is 1. The van der Waals surface area contributed by atoms with E-state index in [2.05, 4.69) is 5.32 Å². The third kappa shape index (κ3) is 5.47. The molecule has 152 valence electrons. The molecule has 30 heavy (non-hydrogen) atoms. The van der Waals surface area contributed by atoms with Crippen LogP contribution in [0.4, 0.5) is 5.69 Å². The summed E-state index contributed by atoms with van der Waals surface area (Å²) in [4.78, 5) is 36.6. The molecule has 3 aromatic rings. The molecule has 0 atom stereocenters. The summed E-state index contributed by atoms with van der Waals surface area (Å²) < 4.78 is 5.06. The van der Waals surface area contributed by atoms with Gasteiger partial charge < -0.3 is 10.1 Å². The van der Waals surface area contributed by atoms with Gasteiger partial charge >= 0.3 is 5.97 Å². The molecule has 0 saturated carbocycles. The SMILES string of the molecule is Cc1ccc(C(=O)Nc2ccc(C(=O)OCC(=O)c3ccc(Cl)cc3Cl)cc2)cc1. The Labute approximate surface area is 183 Å². The zero-order valence-electron chi connectivity index (χ0n) is 15.9. The van der Waals surface area contributed by atoms with Crippen LogP contribution in [0.2, 0.25) is 10.0 Å². The van der Waals surface area contributed by atoms with Crippen molar-refractivity contribution in [3.63, 3.8) is 0 Å². The maximum atomic E-state index is 12.2. The molecule has 0 spiro atoms. The summed E-state index contributed by atoms with van der Waals surface area (Å²) in [5, 5.41) is 3.35. The van der Waals surface area contributed by atoms with E-state index in [-0.39, 0.29) is 22.1 Å². The van der Waals surface area contributed by atoms with Crippen molar-refractivity contribution < 1.29 is 19.1 Å². The van der Waals surface area contributed by atoms with Gasteiger partial charge in [0, 0.05) is 21.8 Å². The van der Waals surface area contributed by atoms with Gasteiger partial charge in [0.05, 0.1) is 10.6 Å². The molecular weight excluding hydrogens is 425 g/mol. The zero-order chi connectivity index (χ0) is 21.7. The minimum absolute atomic E-state index is 0.192. The van der Waals surface area contributed by atoms with Crippen molar-refractivity contribution in [2.24, 2.45) is 0 Å². The van der Waals surface area contributed by atoms with Crippen molar-refractivity contribution in [1.29, 1.82) is 0 Å². The largest absolute Gasteiger partial charge is 0.454 e. The summed E-state index contributed by atoms with van der Waals surface area (Å²) in [7, 11) is 0. The summed E-state index contributed by atoms with van der Waals surface area (Å²) in [6.45, 7) is 1.49. The second kappa shape index (κ2) is 9.57. The fraction of sp³-hybridized carbons (Fsp3) is 0.0870. The summed E-state index contributed by atoms with van der Waals surface area (Å²) >= 11 is 11.8. The number of nitrogens with one attached hydrogen (secondary N) is 1. The Morgan fingerprint density at radius 2 is 1.50 bits per heavy atom. The van der Waals surface area contributed by atoms with Crippen LogP contribution in [0, 0.1) is 6.92 Å². The summed E-state index contributed by atoms with van der Waals surface area (Å²) in [5.74, 6) is -1.35. The number of anilines is 1. The lowest BCUT2D eigenvalue weighted by molar-refractivity contribution is 0.0475. The van der Waals surface area contributed by atoms with Gasteiger partial charge in [0.2, 0.25) is 5.78 Å². The van der Waals surface area contributed by atoms with Crippen LogP contribution in [-0.2, 0) is 4.74 Å². The van der Waals surface area contributed by atoms with Gasteiger partial charge in [-0.1, -0.05) is 40.9 Å². The fourth-order valence-electron chi connectivity index (χ4n) is 2.61. The van der Waals surface area contributed by atoms with E-state index in [9.17, 15) is 14.4 Å². The number of ether oxygens (including phenoxy) is 1. The van der Waals surface area contributed by atoms with E-state index in [4.69, 9.17) is 27.9 Å². The molecule has 1 N–H and O–H groups in total. The van der Waals surface area contributed by atoms with E-state index in [1.165, 1.54) is 30.3 Å². The minimum atomic E-state index is -0.662. The fourth-order valence-corrected chi connectivity index (χ4v) is 3.12. The quantitative estimate of drug-likeness (QED) is 0.399. The van der Waals surface area contributed by atoms with Crippen LogP contribution in [0.5, 0.6) is 0 Å². The second-order valence-corrected chi connectivity index (χ2v) is 7.36. The van der Waals surface area contributed by atoms with Gasteiger partial charge in [-0.25, -0.2) is 4.79 Å². The monoisotopic (exact) mass is 441 g/mol. The number of rotatable bonds is 6. The van der Waals surface area contributed by atoms with Crippen LogP contribution in [-0.4, -0.2) is 24.3 Å². The first-order chi connectivity index (χ1) is 14.3. The third-order valence-corrected chi connectivity index (χ3v) is 4.81. The summed E-state index contributed by atoms with van der Waals surface area (Å²) in [6, 6.07) is 17.8. The maximum absolute atomic E-state index is 12.2. The Balaban J connectivity index is 1.57. The van der Waals surface area contributed by atoms with E-state index < -0.39 is 18.4 Å². The van der Waals surface area contributed by atoms with Gasteiger partial charge in [0.15, 0.2) is 6.61 Å². The maximum Gasteiger partial charge on any atom is 0.338 e. The van der Waals surface area contributed by atoms with Gasteiger partial charge in [-0.05, 0) is 61.5 Å². The number of carbonyl (C=O) groups is 3. The minimum Gasteiger partial charge on any atom is -0.454 e. The Hall–Kier alpha value is -3.15. The number of carbonyl (C=O) groups excluding carboxylic acids is 3. The van der Waals surface area contributed by atoms with Crippen molar-refractivity contribution in [2.75, 3.05) is 11.9 Å². The molecule has 3 aromatic carbocycles. The molecule has 0 radical (unpaired) electrons. The molecule has 0 aromatic heterocycles. The van der Waals surface area contributed by atoms with Gasteiger partial charge in [0.25, 0.3) is 5.91 Å². The summed E-state index contributed by atoms with van der Waals surface area (Å²) in [6.07, 6.45) is 0. The first-order valence-electron chi connectivity index (χ1n) is 8.97. The normalized spacial score (nSPS) is 10.4. The Morgan fingerprint density at radius 3 is 2.13 bits per heavy atom. The molecule has 0 saturated heterocycles. The van der Waals surface area contributed by atoms with E-state index in [1.807, 2.05) is 19.1 Å². The molecule has 7 heteroatoms. The highest BCUT2D eigenvalue weighted by Gasteiger charge is 2.15. The molecule has 0 fully saturated rings. The molecule has 5 nitrogen and oxygen atoms in total. The summed E-state index contributed by atoms with van der Waals surface area (Å²) in [5.41, 5.74) is 2.59. The molecule has 0 unspecified atom stereocenters. The lowest BCUT2D eigenvalue weighted by Crippen LogP contribution is -2.15. The first-order valence-corrected chi connectivity index (χ1v) is 9.72. The van der Waals surface area contributed by atoms with E-state index in [1.54, 1.807) is 24.3 Å². The van der Waals surface area contributed by atoms with Gasteiger partial charge in [-0.15, -0.1) is 0 Å². The highest BCUT2D eigenvalue weighted by atomic mass is 35.5. The average molecular weight is 442 g/mol. The Bertz CT molecular complexity index is 1090. The molecule has 0 aliphatic rings. The number of esters is 1. The van der Waals surface area contributed by atoms with Crippen LogP contribution in [0.25, 0.3) is 0 Å². The lowest BCUT2D eigenvalue weighted by atomic mass is 10.1. The Kier molecular flexibility index (Phi) is 6.87. The van der Waals surface area contributed by atoms with Crippen LogP contribution in [0.1, 0.15) is 36.6 Å². The second-order valence-electron chi connectivity index (χ2n) is 6.52. The number of benzene rings is 3. The van der Waals surface area contributed by atoms with Crippen molar-refractivity contribution in [2.45, 2.75) is 6.92 Å². The third-order valence-electron chi connectivity index (χ3n) is 4.26. The topological polar surface area (TPSA) is 72.5 Å². The van der Waals surface area contributed by atoms with Gasteiger partial charge in [0.1, 0.15) is 0 Å². The number of hydrogen-bond donors (Lipinski definition) is 1. The van der Waals surface area contributed by atoms with E-state index >= 15 is 0 Å². The molecular formula is C23H17Cl2NO4. The number of halogens is 2. The van der Waals surface area contributed by atoms with E-state index in [0.717, 1.165) is 5.56 Å². The van der Waals surface area contributed by atoms with Crippen molar-refractivity contribution in [3.8, 4) is 0 Å². The lowest BCUT2D eigenvalue weighted by Gasteiger charge is -2.08. The highest BCUT2D eigenvalue weighted by molar-refractivity contribution is 6.36. The standard InChI is InChI=1S/C23H17Cl2NO4/c1-14-2-4-15(5-3-14)22(28)26-18-9-6-16(7-10-18)23(29)30-13-21(27)19-11-8-17(24)12-20(19)25/h2-12H,13H2,1H3,(H,26,28). The van der Waals surface area contributed by atoms with E-state index in [0.29, 0.717) is 16.3 Å². The van der Waals surface area contributed by atoms with Gasteiger partial charge in [-0.3, -0.25) is 9.59 Å². The molecule has 3 rings (SSSR count). The van der Waals surface area contributed by atoms with Crippen molar-refractivity contribution >= 4 is 46.5 Å². The van der Waals surface area contributed by atoms with Crippen molar-refractivity contribution in [3.05, 3.63) is 99.0 Å². The predicted molar refractivity (Wildman–Crippen MR) is 117 cm³/mol. The van der Waals surface area contributed by atoms with Crippen LogP contribution in [0.15, 0.2) is 66.7 Å². The number of amides is 1. The highest BCUT2D eigenvalue weighted by Crippen LogP contribution is 2.21. The number of aryl methyl sites for hydroxylation is 1.